The Balaban J connectivity index is 2.08. The Morgan fingerprint density at radius 2 is 2.22 bits per heavy atom. The maximum absolute atomic E-state index is 10.5. The highest BCUT2D eigenvalue weighted by atomic mass is 16.5. The molecule has 0 aliphatic carbocycles. The molecule has 1 atom stereocenters. The predicted molar refractivity (Wildman–Crippen MR) is 84.6 cm³/mol. The molecular weight excluding hydrogens is 296 g/mol. The van der Waals surface area contributed by atoms with Crippen molar-refractivity contribution < 1.29 is 14.6 Å². The molecule has 120 valence electrons. The zero-order valence-corrected chi connectivity index (χ0v) is 12.7. The van der Waals surface area contributed by atoms with E-state index in [9.17, 15) is 9.90 Å². The molecule has 0 aliphatic heterocycles. The topological polar surface area (TPSA) is 106 Å². The lowest BCUT2D eigenvalue weighted by Gasteiger charge is -2.19. The van der Waals surface area contributed by atoms with Gasteiger partial charge in [-0.25, -0.2) is 9.97 Å². The van der Waals surface area contributed by atoms with Gasteiger partial charge in [-0.05, 0) is 12.5 Å². The summed E-state index contributed by atoms with van der Waals surface area (Å²) in [6, 6.07) is 7.66. The lowest BCUT2D eigenvalue weighted by molar-refractivity contribution is -0.309. The van der Waals surface area contributed by atoms with Gasteiger partial charge in [0.15, 0.2) is 5.82 Å². The summed E-state index contributed by atoms with van der Waals surface area (Å²) in [6.45, 7) is 1.84. The van der Waals surface area contributed by atoms with Crippen molar-refractivity contribution in [2.24, 2.45) is 0 Å². The first-order valence-electron chi connectivity index (χ1n) is 7.40. The number of anilines is 1. The number of imidazole rings is 1. The first-order chi connectivity index (χ1) is 11.1. The molecule has 3 rings (SSSR count). The van der Waals surface area contributed by atoms with Crippen LogP contribution in [-0.2, 0) is 9.53 Å². The van der Waals surface area contributed by atoms with E-state index in [0.29, 0.717) is 11.3 Å². The molecule has 2 N–H and O–H groups in total. The molecule has 0 saturated heterocycles. The molecule has 0 fully saturated rings. The average molecular weight is 313 g/mol. The molecule has 2 aromatic heterocycles. The largest absolute Gasteiger partial charge is 0.548 e. The Hall–Kier alpha value is -2.67. The molecule has 0 radical (unpaired) electrons. The number of hydrogen-bond donors (Lipinski definition) is 1. The molecule has 1 unspecified atom stereocenters. The monoisotopic (exact) mass is 313 g/mol. The maximum Gasteiger partial charge on any atom is 0.152 e. The van der Waals surface area contributed by atoms with E-state index >= 15 is 0 Å². The molecule has 0 amide bonds. The number of aliphatic carboxylic acids is 1. The van der Waals surface area contributed by atoms with Gasteiger partial charge in [-0.2, -0.15) is 0 Å². The second-order valence-corrected chi connectivity index (χ2v) is 5.31. The van der Waals surface area contributed by atoms with Gasteiger partial charge in [-0.3, -0.25) is 0 Å². The second-order valence-electron chi connectivity index (χ2n) is 5.31. The molecule has 0 saturated carbocycles. The summed E-state index contributed by atoms with van der Waals surface area (Å²) in [4.78, 5) is 19.3. The summed E-state index contributed by atoms with van der Waals surface area (Å²) in [5, 5.41) is 11.5. The van der Waals surface area contributed by atoms with E-state index in [1.54, 1.807) is 6.33 Å². The fourth-order valence-electron chi connectivity index (χ4n) is 2.72. The number of carbonyl (C=O) groups excluding carboxylic acids is 1. The molecule has 0 aliphatic rings. The standard InChI is InChI=1S/C16H18N4O3/c1-2-10(7-23-8-13(21)22)20-9-18-14-15(20)11-5-3-4-6-12(11)19-16(14)17/h3-6,9-10H,2,7-8H2,1H3,(H2,17,19)(H,21,22)/p-1. The van der Waals surface area contributed by atoms with Gasteiger partial charge in [0.2, 0.25) is 0 Å². The number of nitrogens with zero attached hydrogens (tertiary/aromatic N) is 3. The van der Waals surface area contributed by atoms with Crippen LogP contribution in [0, 0.1) is 0 Å². The third-order valence-corrected chi connectivity index (χ3v) is 3.83. The van der Waals surface area contributed by atoms with E-state index in [-0.39, 0.29) is 12.6 Å². The number of carboxylic acids is 1. The number of pyridine rings is 1. The van der Waals surface area contributed by atoms with Crippen molar-refractivity contribution in [3.05, 3.63) is 30.6 Å². The van der Waals surface area contributed by atoms with Gasteiger partial charge >= 0.3 is 0 Å². The average Bonchev–Trinajstić information content (AvgIpc) is 2.97. The third kappa shape index (κ3) is 2.83. The van der Waals surface area contributed by atoms with Gasteiger partial charge in [0, 0.05) is 5.39 Å². The van der Waals surface area contributed by atoms with E-state index < -0.39 is 12.6 Å². The van der Waals surface area contributed by atoms with Crippen LogP contribution in [0.25, 0.3) is 21.9 Å². The normalized spacial score (nSPS) is 12.7. The molecule has 2 heterocycles. The van der Waals surface area contributed by atoms with Gasteiger partial charge in [0.25, 0.3) is 0 Å². The summed E-state index contributed by atoms with van der Waals surface area (Å²) < 4.78 is 7.18. The molecule has 0 spiro atoms. The SMILES string of the molecule is CCC(COCC(=O)[O-])n1cnc2c(N)nc3ccccc3c21. The highest BCUT2D eigenvalue weighted by Gasteiger charge is 2.17. The van der Waals surface area contributed by atoms with Crippen LogP contribution in [0.2, 0.25) is 0 Å². The number of ether oxygens (including phenoxy) is 1. The quantitative estimate of drug-likeness (QED) is 0.724. The molecule has 3 aromatic rings. The number of carbonyl (C=O) groups is 1. The maximum atomic E-state index is 10.5. The number of aromatic nitrogens is 3. The number of para-hydroxylation sites is 1. The van der Waals surface area contributed by atoms with E-state index in [4.69, 9.17) is 10.5 Å². The van der Waals surface area contributed by atoms with E-state index in [0.717, 1.165) is 22.8 Å². The van der Waals surface area contributed by atoms with Gasteiger partial charge in [-0.1, -0.05) is 25.1 Å². The van der Waals surface area contributed by atoms with Gasteiger partial charge in [-0.15, -0.1) is 0 Å². The van der Waals surface area contributed by atoms with Crippen LogP contribution < -0.4 is 10.8 Å². The van der Waals surface area contributed by atoms with E-state index in [2.05, 4.69) is 9.97 Å². The summed E-state index contributed by atoms with van der Waals surface area (Å²) in [5.41, 5.74) is 8.34. The minimum absolute atomic E-state index is 0.0513. The highest BCUT2D eigenvalue weighted by Crippen LogP contribution is 2.29. The predicted octanol–water partition coefficient (Wildman–Crippen LogP) is 0.884. The number of rotatable bonds is 6. The summed E-state index contributed by atoms with van der Waals surface area (Å²) in [6.07, 6.45) is 2.46. The first kappa shape index (κ1) is 15.2. The Morgan fingerprint density at radius 3 is 2.96 bits per heavy atom. The zero-order chi connectivity index (χ0) is 16.4. The number of nitrogens with two attached hydrogens (primary N) is 1. The van der Waals surface area contributed by atoms with Crippen LogP contribution >= 0.6 is 0 Å². The molecule has 0 bridgehead atoms. The smallest absolute Gasteiger partial charge is 0.152 e. The minimum atomic E-state index is -1.23. The third-order valence-electron chi connectivity index (χ3n) is 3.83. The van der Waals surface area contributed by atoms with Gasteiger partial charge in [0.1, 0.15) is 5.52 Å². The number of nitrogen functional groups attached to an aromatic ring is 1. The van der Waals surface area contributed by atoms with Crippen molar-refractivity contribution in [1.29, 1.82) is 0 Å². The number of carboxylic acid groups (broad SMARTS) is 1. The number of hydrogen-bond acceptors (Lipinski definition) is 6. The van der Waals surface area contributed by atoms with Crippen LogP contribution in [0.15, 0.2) is 30.6 Å². The fraction of sp³-hybridized carbons (Fsp3) is 0.312. The van der Waals surface area contributed by atoms with Crippen LogP contribution in [-0.4, -0.2) is 33.7 Å². The highest BCUT2D eigenvalue weighted by molar-refractivity contribution is 6.06. The van der Waals surface area contributed by atoms with Crippen molar-refractivity contribution in [3.8, 4) is 0 Å². The lowest BCUT2D eigenvalue weighted by Crippen LogP contribution is -2.29. The van der Waals surface area contributed by atoms with Gasteiger partial charge < -0.3 is 24.9 Å². The zero-order valence-electron chi connectivity index (χ0n) is 12.7. The Morgan fingerprint density at radius 1 is 1.43 bits per heavy atom. The summed E-state index contributed by atoms with van der Waals surface area (Å²) in [5.74, 6) is -0.850. The van der Waals surface area contributed by atoms with Crippen molar-refractivity contribution in [1.82, 2.24) is 14.5 Å². The molecule has 23 heavy (non-hydrogen) atoms. The summed E-state index contributed by atoms with van der Waals surface area (Å²) in [7, 11) is 0. The van der Waals surface area contributed by atoms with Crippen molar-refractivity contribution in [3.63, 3.8) is 0 Å². The first-order valence-corrected chi connectivity index (χ1v) is 7.40. The number of fused-ring (bicyclic) bond motifs is 3. The Kier molecular flexibility index (Phi) is 4.12. The van der Waals surface area contributed by atoms with Crippen LogP contribution in [0.1, 0.15) is 19.4 Å². The lowest BCUT2D eigenvalue weighted by atomic mass is 10.1. The van der Waals surface area contributed by atoms with E-state index in [1.807, 2.05) is 35.8 Å². The summed E-state index contributed by atoms with van der Waals surface area (Å²) >= 11 is 0. The second kappa shape index (κ2) is 6.21. The van der Waals surface area contributed by atoms with Crippen LogP contribution in [0.4, 0.5) is 5.82 Å². The van der Waals surface area contributed by atoms with Crippen molar-refractivity contribution in [2.45, 2.75) is 19.4 Å². The van der Waals surface area contributed by atoms with Crippen molar-refractivity contribution in [2.75, 3.05) is 18.9 Å². The van der Waals surface area contributed by atoms with Crippen LogP contribution in [0.3, 0.4) is 0 Å². The van der Waals surface area contributed by atoms with Crippen LogP contribution in [0.5, 0.6) is 0 Å². The molecule has 1 aromatic carbocycles. The minimum Gasteiger partial charge on any atom is -0.548 e. The number of benzene rings is 1. The Labute approximate surface area is 132 Å². The molecule has 7 heteroatoms. The van der Waals surface area contributed by atoms with Gasteiger partial charge in [0.05, 0.1) is 42.6 Å². The van der Waals surface area contributed by atoms with E-state index in [1.165, 1.54) is 0 Å². The molecule has 7 nitrogen and oxygen atoms in total. The Bertz CT molecular complexity index is 859. The fourth-order valence-corrected chi connectivity index (χ4v) is 2.72. The molecular formula is C16H17N4O3-. The van der Waals surface area contributed by atoms with Crippen molar-refractivity contribution >= 4 is 33.7 Å².